The van der Waals surface area contributed by atoms with Crippen LogP contribution >= 0.6 is 11.3 Å². The maximum absolute atomic E-state index is 12.4. The van der Waals surface area contributed by atoms with Gasteiger partial charge in [-0.25, -0.2) is 18.1 Å². The van der Waals surface area contributed by atoms with Crippen molar-refractivity contribution in [1.82, 2.24) is 19.0 Å². The van der Waals surface area contributed by atoms with E-state index in [-0.39, 0.29) is 10.8 Å². The largest absolute Gasteiger partial charge is 0.381 e. The van der Waals surface area contributed by atoms with Crippen LogP contribution in [-0.4, -0.2) is 48.9 Å². The first-order valence-electron chi connectivity index (χ1n) is 7.01. The second kappa shape index (κ2) is 5.91. The summed E-state index contributed by atoms with van der Waals surface area (Å²) in [6, 6.07) is 0. The number of thiazole rings is 1. The third-order valence-electron chi connectivity index (χ3n) is 3.64. The summed E-state index contributed by atoms with van der Waals surface area (Å²) < 4.78 is 28.9. The first-order chi connectivity index (χ1) is 10.1. The molecular formula is C12H19N5O2S2. The predicted octanol–water partition coefficient (Wildman–Crippen LogP) is 0.742. The molecule has 1 fully saturated rings. The van der Waals surface area contributed by atoms with Gasteiger partial charge in [-0.05, 0) is 38.9 Å². The van der Waals surface area contributed by atoms with Crippen molar-refractivity contribution >= 4 is 32.1 Å². The number of nitrogen functional groups attached to an aromatic ring is 1. The number of aromatic nitrogens is 2. The Balaban J connectivity index is 1.63. The Bertz CT molecular complexity index is 715. The number of likely N-dealkylation sites (tertiary alicyclic amines) is 1. The van der Waals surface area contributed by atoms with E-state index in [1.165, 1.54) is 28.6 Å². The van der Waals surface area contributed by atoms with Crippen molar-refractivity contribution in [2.24, 2.45) is 0 Å². The third-order valence-corrected chi connectivity index (χ3v) is 5.90. The number of nitrogens with two attached hydrogens (primary N) is 1. The summed E-state index contributed by atoms with van der Waals surface area (Å²) in [5.74, 6) is 0.0499. The molecule has 0 aliphatic carbocycles. The minimum Gasteiger partial charge on any atom is -0.381 e. The Kier molecular flexibility index (Phi) is 4.16. The van der Waals surface area contributed by atoms with Gasteiger partial charge in [-0.2, -0.15) is 0 Å². The van der Waals surface area contributed by atoms with Gasteiger partial charge in [-0.15, -0.1) is 11.3 Å². The highest BCUT2D eigenvalue weighted by molar-refractivity contribution is 7.89. The van der Waals surface area contributed by atoms with Crippen LogP contribution in [0.15, 0.2) is 16.6 Å². The van der Waals surface area contributed by atoms with Gasteiger partial charge in [0.15, 0.2) is 15.8 Å². The van der Waals surface area contributed by atoms with E-state index in [9.17, 15) is 8.42 Å². The Labute approximate surface area is 127 Å². The normalized spacial score (nSPS) is 17.0. The Morgan fingerprint density at radius 3 is 2.90 bits per heavy atom. The van der Waals surface area contributed by atoms with E-state index < -0.39 is 10.0 Å². The van der Waals surface area contributed by atoms with E-state index in [0.29, 0.717) is 11.5 Å². The molecule has 3 heterocycles. The molecule has 1 aliphatic rings. The molecule has 1 saturated heterocycles. The molecule has 3 N–H and O–H groups in total. The average molecular weight is 329 g/mol. The van der Waals surface area contributed by atoms with Gasteiger partial charge < -0.3 is 10.6 Å². The molecule has 3 rings (SSSR count). The molecule has 0 amide bonds. The molecule has 0 spiro atoms. The summed E-state index contributed by atoms with van der Waals surface area (Å²) >= 11 is 1.36. The van der Waals surface area contributed by atoms with Gasteiger partial charge in [-0.3, -0.25) is 4.40 Å². The molecule has 0 bridgehead atoms. The fraction of sp³-hybridized carbons (Fsp3) is 0.583. The van der Waals surface area contributed by atoms with Crippen molar-refractivity contribution in [2.75, 3.05) is 31.9 Å². The predicted molar refractivity (Wildman–Crippen MR) is 83.0 cm³/mol. The number of anilines is 1. The molecule has 2 aromatic heterocycles. The van der Waals surface area contributed by atoms with Crippen molar-refractivity contribution in [3.8, 4) is 0 Å². The zero-order valence-corrected chi connectivity index (χ0v) is 13.3. The molecular weight excluding hydrogens is 310 g/mol. The van der Waals surface area contributed by atoms with Crippen LogP contribution in [0.5, 0.6) is 0 Å². The van der Waals surface area contributed by atoms with Crippen LogP contribution in [0.4, 0.5) is 5.82 Å². The van der Waals surface area contributed by atoms with Crippen LogP contribution in [0, 0.1) is 0 Å². The summed E-state index contributed by atoms with van der Waals surface area (Å²) in [6.07, 6.45) is 4.95. The topological polar surface area (TPSA) is 92.7 Å². The average Bonchev–Trinajstić information content (AvgIpc) is 3.10. The van der Waals surface area contributed by atoms with Crippen molar-refractivity contribution in [2.45, 2.75) is 24.3 Å². The monoisotopic (exact) mass is 329 g/mol. The standard InChI is InChI=1S/C12H19N5O2S2/c13-10-11(17-8-9-20-12(17)15-10)21(18,19)14-4-3-7-16-5-1-2-6-16/h8-9,14H,1-7,13H2. The van der Waals surface area contributed by atoms with E-state index in [0.717, 1.165) is 26.1 Å². The minimum atomic E-state index is -3.63. The van der Waals surface area contributed by atoms with Crippen LogP contribution in [0.25, 0.3) is 4.96 Å². The molecule has 0 unspecified atom stereocenters. The molecule has 116 valence electrons. The van der Waals surface area contributed by atoms with Gasteiger partial charge in [0, 0.05) is 18.1 Å². The first-order valence-corrected chi connectivity index (χ1v) is 9.37. The fourth-order valence-corrected chi connectivity index (χ4v) is 4.69. The van der Waals surface area contributed by atoms with Crippen LogP contribution in [-0.2, 0) is 10.0 Å². The minimum absolute atomic E-state index is 0.0416. The highest BCUT2D eigenvalue weighted by Gasteiger charge is 2.24. The van der Waals surface area contributed by atoms with Crippen molar-refractivity contribution in [3.63, 3.8) is 0 Å². The first kappa shape index (κ1) is 14.8. The highest BCUT2D eigenvalue weighted by Crippen LogP contribution is 2.23. The molecule has 0 radical (unpaired) electrons. The van der Waals surface area contributed by atoms with Crippen molar-refractivity contribution < 1.29 is 8.42 Å². The van der Waals surface area contributed by atoms with E-state index in [4.69, 9.17) is 5.73 Å². The van der Waals surface area contributed by atoms with Crippen molar-refractivity contribution in [1.29, 1.82) is 0 Å². The van der Waals surface area contributed by atoms with Gasteiger partial charge >= 0.3 is 0 Å². The molecule has 0 atom stereocenters. The van der Waals surface area contributed by atoms with Gasteiger partial charge in [0.2, 0.25) is 0 Å². The number of hydrogen-bond donors (Lipinski definition) is 2. The molecule has 0 aromatic carbocycles. The summed E-state index contributed by atoms with van der Waals surface area (Å²) in [6.45, 7) is 3.59. The van der Waals surface area contributed by atoms with Crippen LogP contribution in [0.2, 0.25) is 0 Å². The second-order valence-electron chi connectivity index (χ2n) is 5.16. The molecule has 1 aliphatic heterocycles. The number of hydrogen-bond acceptors (Lipinski definition) is 6. The van der Waals surface area contributed by atoms with Gasteiger partial charge in [0.1, 0.15) is 0 Å². The zero-order valence-electron chi connectivity index (χ0n) is 11.7. The van der Waals surface area contributed by atoms with Crippen molar-refractivity contribution in [3.05, 3.63) is 11.6 Å². The summed E-state index contributed by atoms with van der Waals surface area (Å²) in [7, 11) is -3.63. The molecule has 9 heteroatoms. The van der Waals surface area contributed by atoms with E-state index in [1.807, 2.05) is 0 Å². The maximum atomic E-state index is 12.4. The lowest BCUT2D eigenvalue weighted by Gasteiger charge is -2.14. The van der Waals surface area contributed by atoms with Crippen LogP contribution < -0.4 is 10.5 Å². The SMILES string of the molecule is Nc1nc2sccn2c1S(=O)(=O)NCCCN1CCCC1. The Morgan fingerprint density at radius 1 is 1.38 bits per heavy atom. The number of imidazole rings is 1. The third kappa shape index (κ3) is 3.05. The molecule has 0 saturated carbocycles. The number of sulfonamides is 1. The Morgan fingerprint density at radius 2 is 2.14 bits per heavy atom. The molecule has 7 nitrogen and oxygen atoms in total. The number of nitrogens with one attached hydrogen (secondary N) is 1. The lowest BCUT2D eigenvalue weighted by Crippen LogP contribution is -2.29. The number of nitrogens with zero attached hydrogens (tertiary/aromatic N) is 3. The van der Waals surface area contributed by atoms with Gasteiger partial charge in [0.25, 0.3) is 10.0 Å². The van der Waals surface area contributed by atoms with E-state index in [1.54, 1.807) is 11.6 Å². The lowest BCUT2D eigenvalue weighted by atomic mass is 10.4. The summed E-state index contributed by atoms with van der Waals surface area (Å²) in [5, 5.41) is 1.83. The molecule has 21 heavy (non-hydrogen) atoms. The maximum Gasteiger partial charge on any atom is 0.260 e. The van der Waals surface area contributed by atoms with Gasteiger partial charge in [0.05, 0.1) is 0 Å². The zero-order chi connectivity index (χ0) is 14.9. The summed E-state index contributed by atoms with van der Waals surface area (Å²) in [4.78, 5) is 7.01. The number of rotatable bonds is 6. The highest BCUT2D eigenvalue weighted by atomic mass is 32.2. The smallest absolute Gasteiger partial charge is 0.260 e. The van der Waals surface area contributed by atoms with E-state index >= 15 is 0 Å². The molecule has 2 aromatic rings. The second-order valence-corrected chi connectivity index (χ2v) is 7.71. The van der Waals surface area contributed by atoms with Crippen LogP contribution in [0.3, 0.4) is 0 Å². The van der Waals surface area contributed by atoms with Gasteiger partial charge in [-0.1, -0.05) is 0 Å². The Hall–Kier alpha value is -1.16. The van der Waals surface area contributed by atoms with E-state index in [2.05, 4.69) is 14.6 Å². The quantitative estimate of drug-likeness (QED) is 0.763. The summed E-state index contributed by atoms with van der Waals surface area (Å²) in [5.41, 5.74) is 5.74. The fourth-order valence-electron chi connectivity index (χ4n) is 2.63. The number of fused-ring (bicyclic) bond motifs is 1. The van der Waals surface area contributed by atoms with Crippen LogP contribution in [0.1, 0.15) is 19.3 Å². The lowest BCUT2D eigenvalue weighted by molar-refractivity contribution is 0.334.